The number of aromatic hydroxyl groups is 2. The Kier molecular flexibility index (Phi) is 5.09. The Bertz CT molecular complexity index is 953. The van der Waals surface area contributed by atoms with Gasteiger partial charge in [-0.15, -0.1) is 0 Å². The molecule has 0 aliphatic carbocycles. The van der Waals surface area contributed by atoms with E-state index in [1.807, 2.05) is 13.0 Å². The molecule has 0 radical (unpaired) electrons. The van der Waals surface area contributed by atoms with E-state index in [9.17, 15) is 15.0 Å². The summed E-state index contributed by atoms with van der Waals surface area (Å²) in [5.74, 6) is 0.0775. The van der Waals surface area contributed by atoms with Gasteiger partial charge in [-0.25, -0.2) is 4.98 Å². The third-order valence-electron chi connectivity index (χ3n) is 3.97. The minimum Gasteiger partial charge on any atom is -0.508 e. The zero-order valence-electron chi connectivity index (χ0n) is 14.4. The molecule has 0 fully saturated rings. The van der Waals surface area contributed by atoms with E-state index < -0.39 is 0 Å². The van der Waals surface area contributed by atoms with Crippen LogP contribution in [0.2, 0.25) is 0 Å². The highest BCUT2D eigenvalue weighted by atomic mass is 32.1. The summed E-state index contributed by atoms with van der Waals surface area (Å²) in [7, 11) is 0. The minimum atomic E-state index is -0.273. The summed E-state index contributed by atoms with van der Waals surface area (Å²) in [5.41, 5.74) is 3.03. The second kappa shape index (κ2) is 7.45. The second-order valence-electron chi connectivity index (χ2n) is 5.91. The van der Waals surface area contributed by atoms with Gasteiger partial charge in [0.1, 0.15) is 16.4 Å². The van der Waals surface area contributed by atoms with Gasteiger partial charge in [-0.05, 0) is 43.2 Å². The molecular formula is C19H19N3O3S. The van der Waals surface area contributed by atoms with Crippen molar-refractivity contribution in [3.63, 3.8) is 0 Å². The number of carbonyl (C=O) groups excluding carboxylic acids is 1. The van der Waals surface area contributed by atoms with Crippen molar-refractivity contribution in [3.05, 3.63) is 64.2 Å². The molecule has 4 N–H and O–H groups in total. The van der Waals surface area contributed by atoms with Crippen molar-refractivity contribution in [1.82, 2.24) is 4.98 Å². The normalized spacial score (nSPS) is 10.5. The van der Waals surface area contributed by atoms with E-state index in [4.69, 9.17) is 0 Å². The molecule has 1 amide bonds. The van der Waals surface area contributed by atoms with Crippen LogP contribution in [0.5, 0.6) is 11.5 Å². The molecule has 6 nitrogen and oxygen atoms in total. The zero-order chi connectivity index (χ0) is 18.7. The first-order valence-corrected chi connectivity index (χ1v) is 8.84. The van der Waals surface area contributed by atoms with E-state index in [1.54, 1.807) is 37.3 Å². The van der Waals surface area contributed by atoms with Gasteiger partial charge in [-0.1, -0.05) is 29.5 Å². The van der Waals surface area contributed by atoms with Crippen LogP contribution in [-0.2, 0) is 6.54 Å². The lowest BCUT2D eigenvalue weighted by molar-refractivity contribution is 0.103. The Morgan fingerprint density at radius 2 is 2.00 bits per heavy atom. The number of hydrogen-bond acceptors (Lipinski definition) is 6. The number of amides is 1. The van der Waals surface area contributed by atoms with Crippen LogP contribution in [0.15, 0.2) is 42.6 Å². The van der Waals surface area contributed by atoms with Crippen molar-refractivity contribution in [2.24, 2.45) is 0 Å². The largest absolute Gasteiger partial charge is 0.508 e. The Labute approximate surface area is 155 Å². The van der Waals surface area contributed by atoms with Crippen molar-refractivity contribution in [3.8, 4) is 11.5 Å². The van der Waals surface area contributed by atoms with Crippen molar-refractivity contribution in [2.75, 3.05) is 10.6 Å². The summed E-state index contributed by atoms with van der Waals surface area (Å²) < 4.78 is 0. The van der Waals surface area contributed by atoms with Crippen LogP contribution in [-0.4, -0.2) is 21.1 Å². The lowest BCUT2D eigenvalue weighted by Crippen LogP contribution is -2.12. The minimum absolute atomic E-state index is 0.142. The maximum absolute atomic E-state index is 12.5. The number of phenolic OH excluding ortho intramolecular Hbond substituents is 2. The second-order valence-corrected chi connectivity index (χ2v) is 6.94. The van der Waals surface area contributed by atoms with Crippen molar-refractivity contribution in [1.29, 1.82) is 0 Å². The Morgan fingerprint density at radius 3 is 2.77 bits per heavy atom. The van der Waals surface area contributed by atoms with Gasteiger partial charge >= 0.3 is 0 Å². The van der Waals surface area contributed by atoms with Crippen molar-refractivity contribution in [2.45, 2.75) is 20.4 Å². The number of aryl methyl sites for hydroxylation is 1. The van der Waals surface area contributed by atoms with Gasteiger partial charge in [-0.3, -0.25) is 4.79 Å². The fourth-order valence-electron chi connectivity index (χ4n) is 2.51. The molecular weight excluding hydrogens is 350 g/mol. The van der Waals surface area contributed by atoms with E-state index in [0.29, 0.717) is 27.8 Å². The molecule has 0 bridgehead atoms. The van der Waals surface area contributed by atoms with Crippen LogP contribution >= 0.6 is 11.3 Å². The average Bonchev–Trinajstić information content (AvgIpc) is 3.09. The molecule has 3 aromatic rings. The number of nitrogens with zero attached hydrogens (tertiary/aromatic N) is 1. The van der Waals surface area contributed by atoms with Crippen molar-refractivity contribution >= 4 is 28.1 Å². The molecule has 0 atom stereocenters. The smallest absolute Gasteiger partial charge is 0.267 e. The third-order valence-corrected chi connectivity index (χ3v) is 4.92. The van der Waals surface area contributed by atoms with Crippen molar-refractivity contribution < 1.29 is 15.0 Å². The average molecular weight is 369 g/mol. The number of aromatic nitrogens is 1. The van der Waals surface area contributed by atoms with Crippen LogP contribution in [0.3, 0.4) is 0 Å². The van der Waals surface area contributed by atoms with E-state index in [-0.39, 0.29) is 17.4 Å². The molecule has 1 aromatic heterocycles. The maximum Gasteiger partial charge on any atom is 0.267 e. The van der Waals surface area contributed by atoms with Gasteiger partial charge in [0.25, 0.3) is 5.91 Å². The molecule has 0 saturated heterocycles. The summed E-state index contributed by atoms with van der Waals surface area (Å²) in [5, 5.41) is 25.9. The highest BCUT2D eigenvalue weighted by Gasteiger charge is 2.14. The standard InChI is InChI=1S/C19H19N3O3S/c1-11-6-7-15(24)12(2)17(11)22-18(25)16-10-21-19(26-16)20-9-13-4-3-5-14(23)8-13/h3-8,10,23-24H,9H2,1-2H3,(H,20,21)(H,22,25). The highest BCUT2D eigenvalue weighted by molar-refractivity contribution is 7.17. The van der Waals surface area contributed by atoms with E-state index >= 15 is 0 Å². The quantitative estimate of drug-likeness (QED) is 0.545. The number of thiazole rings is 1. The summed E-state index contributed by atoms with van der Waals surface area (Å²) in [6.07, 6.45) is 1.51. The Balaban J connectivity index is 1.68. The lowest BCUT2D eigenvalue weighted by Gasteiger charge is -2.11. The van der Waals surface area contributed by atoms with Gasteiger partial charge in [-0.2, -0.15) is 0 Å². The van der Waals surface area contributed by atoms with E-state index in [1.165, 1.54) is 17.5 Å². The number of phenols is 2. The van der Waals surface area contributed by atoms with Crippen LogP contribution in [0.25, 0.3) is 0 Å². The summed E-state index contributed by atoms with van der Waals surface area (Å²) in [6, 6.07) is 10.3. The van der Waals surface area contributed by atoms with Gasteiger partial charge in [0.2, 0.25) is 0 Å². The summed E-state index contributed by atoms with van der Waals surface area (Å²) in [6.45, 7) is 4.12. The number of rotatable bonds is 5. The molecule has 134 valence electrons. The highest BCUT2D eigenvalue weighted by Crippen LogP contribution is 2.29. The van der Waals surface area contributed by atoms with Gasteiger partial charge in [0, 0.05) is 12.1 Å². The van der Waals surface area contributed by atoms with Gasteiger partial charge < -0.3 is 20.8 Å². The zero-order valence-corrected chi connectivity index (χ0v) is 15.2. The number of hydrogen-bond donors (Lipinski definition) is 4. The summed E-state index contributed by atoms with van der Waals surface area (Å²) >= 11 is 1.24. The fourth-order valence-corrected chi connectivity index (χ4v) is 3.22. The Hall–Kier alpha value is -3.06. The van der Waals surface area contributed by atoms with Crippen LogP contribution in [0, 0.1) is 13.8 Å². The monoisotopic (exact) mass is 369 g/mol. The van der Waals surface area contributed by atoms with Gasteiger partial charge in [0.15, 0.2) is 5.13 Å². The molecule has 1 heterocycles. The van der Waals surface area contributed by atoms with E-state index in [2.05, 4.69) is 15.6 Å². The summed E-state index contributed by atoms with van der Waals surface area (Å²) in [4.78, 5) is 17.2. The molecule has 0 spiro atoms. The first kappa shape index (κ1) is 17.8. The van der Waals surface area contributed by atoms with Crippen LogP contribution < -0.4 is 10.6 Å². The molecule has 26 heavy (non-hydrogen) atoms. The molecule has 0 saturated carbocycles. The SMILES string of the molecule is Cc1ccc(O)c(C)c1NC(=O)c1cnc(NCc2cccc(O)c2)s1. The molecule has 2 aromatic carbocycles. The number of benzene rings is 2. The predicted molar refractivity (Wildman–Crippen MR) is 103 cm³/mol. The molecule has 7 heteroatoms. The molecule has 0 aliphatic heterocycles. The molecule has 0 aliphatic rings. The topological polar surface area (TPSA) is 94.5 Å². The maximum atomic E-state index is 12.5. The molecule has 3 rings (SSSR count). The van der Waals surface area contributed by atoms with E-state index in [0.717, 1.165) is 11.1 Å². The van der Waals surface area contributed by atoms with Gasteiger partial charge in [0.05, 0.1) is 11.9 Å². The first-order chi connectivity index (χ1) is 12.4. The van der Waals surface area contributed by atoms with Crippen LogP contribution in [0.1, 0.15) is 26.4 Å². The van der Waals surface area contributed by atoms with Crippen LogP contribution in [0.4, 0.5) is 10.8 Å². The number of carbonyl (C=O) groups is 1. The third kappa shape index (κ3) is 3.94. The number of anilines is 2. The Morgan fingerprint density at radius 1 is 1.19 bits per heavy atom. The molecule has 0 unspecified atom stereocenters. The lowest BCUT2D eigenvalue weighted by atomic mass is 10.1. The first-order valence-electron chi connectivity index (χ1n) is 8.02. The fraction of sp³-hybridized carbons (Fsp3) is 0.158. The predicted octanol–water partition coefficient (Wildman–Crippen LogP) is 4.04. The number of nitrogens with one attached hydrogen (secondary N) is 2.